The van der Waals surface area contributed by atoms with E-state index in [0.29, 0.717) is 23.4 Å². The Balaban J connectivity index is 1.59. The van der Waals surface area contributed by atoms with Gasteiger partial charge in [0, 0.05) is 23.5 Å². The largest absolute Gasteiger partial charge is 0.368 e. The number of nitrogens with one attached hydrogen (secondary N) is 1. The SMILES string of the molecule is Nc1nccc(-c2cn(C3CCCCC3)nc2-c2cccc(NS(=O)(=O)c3cc(F)ccc3F)c2F)n1. The molecule has 1 aliphatic carbocycles. The first kappa shape index (κ1) is 24.8. The molecule has 2 aromatic heterocycles. The van der Waals surface area contributed by atoms with Crippen molar-refractivity contribution in [3.63, 3.8) is 0 Å². The molecule has 0 bridgehead atoms. The van der Waals surface area contributed by atoms with Crippen molar-refractivity contribution in [1.29, 1.82) is 0 Å². The maximum absolute atomic E-state index is 15.8. The summed E-state index contributed by atoms with van der Waals surface area (Å²) in [7, 11) is -4.64. The monoisotopic (exact) mass is 528 g/mol. The van der Waals surface area contributed by atoms with Crippen molar-refractivity contribution in [3.05, 3.63) is 72.3 Å². The Morgan fingerprint density at radius 2 is 1.78 bits per heavy atom. The summed E-state index contributed by atoms with van der Waals surface area (Å²) in [6, 6.07) is 7.85. The second-order valence-corrected chi connectivity index (χ2v) is 10.5. The van der Waals surface area contributed by atoms with Crippen LogP contribution in [0.15, 0.2) is 59.8 Å². The predicted molar refractivity (Wildman–Crippen MR) is 132 cm³/mol. The van der Waals surface area contributed by atoms with Gasteiger partial charge in [-0.05, 0) is 49.2 Å². The molecule has 0 spiro atoms. The van der Waals surface area contributed by atoms with Gasteiger partial charge < -0.3 is 5.73 Å². The normalized spacial score (nSPS) is 14.6. The van der Waals surface area contributed by atoms with Crippen LogP contribution in [0.5, 0.6) is 0 Å². The third-order valence-electron chi connectivity index (χ3n) is 6.31. The summed E-state index contributed by atoms with van der Waals surface area (Å²) in [4.78, 5) is 7.23. The summed E-state index contributed by atoms with van der Waals surface area (Å²) in [5.74, 6) is -3.01. The van der Waals surface area contributed by atoms with Crippen molar-refractivity contribution in [3.8, 4) is 22.5 Å². The molecule has 5 rings (SSSR count). The van der Waals surface area contributed by atoms with Crippen LogP contribution in [0.4, 0.5) is 24.8 Å². The van der Waals surface area contributed by atoms with Crippen LogP contribution in [0.25, 0.3) is 22.5 Å². The van der Waals surface area contributed by atoms with Gasteiger partial charge in [0.2, 0.25) is 5.95 Å². The average molecular weight is 529 g/mol. The molecule has 0 atom stereocenters. The van der Waals surface area contributed by atoms with Gasteiger partial charge in [0.25, 0.3) is 10.0 Å². The van der Waals surface area contributed by atoms with Gasteiger partial charge in [0.1, 0.15) is 22.2 Å². The second kappa shape index (κ2) is 9.85. The molecule has 2 heterocycles. The Labute approximate surface area is 211 Å². The Morgan fingerprint density at radius 3 is 2.54 bits per heavy atom. The van der Waals surface area contributed by atoms with Crippen LogP contribution in [0.1, 0.15) is 38.1 Å². The fourth-order valence-electron chi connectivity index (χ4n) is 4.51. The predicted octanol–water partition coefficient (Wildman–Crippen LogP) is 5.31. The smallest absolute Gasteiger partial charge is 0.265 e. The summed E-state index contributed by atoms with van der Waals surface area (Å²) in [6.07, 6.45) is 8.36. The number of anilines is 2. The minimum Gasteiger partial charge on any atom is -0.368 e. The maximum Gasteiger partial charge on any atom is 0.265 e. The van der Waals surface area contributed by atoms with Crippen molar-refractivity contribution < 1.29 is 21.6 Å². The first-order valence-electron chi connectivity index (χ1n) is 11.7. The van der Waals surface area contributed by atoms with E-state index < -0.39 is 38.1 Å². The van der Waals surface area contributed by atoms with E-state index in [9.17, 15) is 17.2 Å². The molecule has 0 saturated heterocycles. The first-order valence-corrected chi connectivity index (χ1v) is 13.2. The van der Waals surface area contributed by atoms with Gasteiger partial charge in [0.05, 0.1) is 17.4 Å². The zero-order chi connectivity index (χ0) is 26.2. The molecule has 2 aromatic carbocycles. The van der Waals surface area contributed by atoms with Crippen LogP contribution in [0.3, 0.4) is 0 Å². The van der Waals surface area contributed by atoms with Crippen LogP contribution in [0, 0.1) is 17.5 Å². The van der Waals surface area contributed by atoms with E-state index in [0.717, 1.165) is 38.2 Å². The zero-order valence-electron chi connectivity index (χ0n) is 19.5. The molecule has 1 fully saturated rings. The van der Waals surface area contributed by atoms with Crippen molar-refractivity contribution in [1.82, 2.24) is 19.7 Å². The number of nitrogen functional groups attached to an aromatic ring is 1. The fraction of sp³-hybridized carbons (Fsp3) is 0.240. The third kappa shape index (κ3) is 5.01. The number of hydrogen-bond acceptors (Lipinski definition) is 6. The number of halogens is 3. The van der Waals surface area contributed by atoms with Crippen LogP contribution >= 0.6 is 0 Å². The van der Waals surface area contributed by atoms with E-state index in [1.165, 1.54) is 24.4 Å². The number of benzene rings is 2. The lowest BCUT2D eigenvalue weighted by atomic mass is 9.96. The molecule has 0 aliphatic heterocycles. The fourth-order valence-corrected chi connectivity index (χ4v) is 5.66. The highest BCUT2D eigenvalue weighted by Crippen LogP contribution is 2.37. The van der Waals surface area contributed by atoms with E-state index in [2.05, 4.69) is 15.1 Å². The van der Waals surface area contributed by atoms with Crippen molar-refractivity contribution >= 4 is 21.7 Å². The van der Waals surface area contributed by atoms with Crippen LogP contribution in [-0.4, -0.2) is 28.2 Å². The minimum absolute atomic E-state index is 0.00153. The lowest BCUT2D eigenvalue weighted by Gasteiger charge is -2.21. The second-order valence-electron chi connectivity index (χ2n) is 8.81. The van der Waals surface area contributed by atoms with E-state index in [1.54, 1.807) is 16.9 Å². The number of aromatic nitrogens is 4. The summed E-state index contributed by atoms with van der Waals surface area (Å²) >= 11 is 0. The van der Waals surface area contributed by atoms with Crippen molar-refractivity contribution in [2.75, 3.05) is 10.5 Å². The summed E-state index contributed by atoms with van der Waals surface area (Å²) in [5.41, 5.74) is 6.49. The Kier molecular flexibility index (Phi) is 6.59. The molecular weight excluding hydrogens is 505 g/mol. The van der Waals surface area contributed by atoms with Crippen LogP contribution in [-0.2, 0) is 10.0 Å². The molecule has 1 saturated carbocycles. The van der Waals surface area contributed by atoms with Crippen molar-refractivity contribution in [2.45, 2.75) is 43.0 Å². The van der Waals surface area contributed by atoms with Gasteiger partial charge in [-0.25, -0.2) is 31.6 Å². The first-order chi connectivity index (χ1) is 17.7. The number of nitrogens with two attached hydrogens (primary N) is 1. The minimum atomic E-state index is -4.64. The molecule has 192 valence electrons. The molecule has 0 amide bonds. The molecule has 37 heavy (non-hydrogen) atoms. The molecule has 12 heteroatoms. The Hall–Kier alpha value is -3.93. The number of nitrogens with zero attached hydrogens (tertiary/aromatic N) is 4. The number of hydrogen-bond donors (Lipinski definition) is 2. The van der Waals surface area contributed by atoms with E-state index in [4.69, 9.17) is 5.73 Å². The van der Waals surface area contributed by atoms with Gasteiger partial charge in [-0.15, -0.1) is 0 Å². The van der Waals surface area contributed by atoms with Gasteiger partial charge in [0.15, 0.2) is 5.82 Å². The van der Waals surface area contributed by atoms with E-state index in [-0.39, 0.29) is 23.2 Å². The molecule has 1 aliphatic rings. The van der Waals surface area contributed by atoms with E-state index in [1.807, 2.05) is 4.72 Å². The lowest BCUT2D eigenvalue weighted by molar-refractivity contribution is 0.330. The quantitative estimate of drug-likeness (QED) is 0.350. The summed E-state index contributed by atoms with van der Waals surface area (Å²) < 4.78 is 72.9. The molecule has 3 N–H and O–H groups in total. The van der Waals surface area contributed by atoms with Crippen molar-refractivity contribution in [2.24, 2.45) is 0 Å². The van der Waals surface area contributed by atoms with Gasteiger partial charge >= 0.3 is 0 Å². The van der Waals surface area contributed by atoms with Gasteiger partial charge in [-0.3, -0.25) is 9.40 Å². The zero-order valence-corrected chi connectivity index (χ0v) is 20.4. The third-order valence-corrected chi connectivity index (χ3v) is 7.69. The molecule has 0 unspecified atom stereocenters. The summed E-state index contributed by atoms with van der Waals surface area (Å²) in [6.45, 7) is 0. The van der Waals surface area contributed by atoms with Crippen LogP contribution < -0.4 is 10.5 Å². The van der Waals surface area contributed by atoms with Crippen LogP contribution in [0.2, 0.25) is 0 Å². The molecular formula is C25H23F3N6O2S. The standard InChI is InChI=1S/C25H23F3N6O2S/c26-15-9-10-19(27)22(13-15)37(35,36)33-21-8-4-7-17(23(21)28)24-18(20-11-12-30-25(29)31-20)14-34(32-24)16-5-2-1-3-6-16/h4,7-14,16,33H,1-3,5-6H2,(H2,29,30,31). The highest BCUT2D eigenvalue weighted by molar-refractivity contribution is 7.92. The highest BCUT2D eigenvalue weighted by atomic mass is 32.2. The number of sulfonamides is 1. The van der Waals surface area contributed by atoms with E-state index >= 15 is 4.39 Å². The topological polar surface area (TPSA) is 116 Å². The van der Waals surface area contributed by atoms with Gasteiger partial charge in [-0.2, -0.15) is 5.10 Å². The Bertz CT molecular complexity index is 1570. The molecule has 0 radical (unpaired) electrons. The highest BCUT2D eigenvalue weighted by Gasteiger charge is 2.26. The number of rotatable bonds is 6. The Morgan fingerprint density at radius 1 is 1.00 bits per heavy atom. The van der Waals surface area contributed by atoms with Gasteiger partial charge in [-0.1, -0.05) is 25.3 Å². The molecule has 8 nitrogen and oxygen atoms in total. The maximum atomic E-state index is 15.8. The molecule has 4 aromatic rings. The lowest BCUT2D eigenvalue weighted by Crippen LogP contribution is -2.16. The average Bonchev–Trinajstić information content (AvgIpc) is 3.32. The summed E-state index contributed by atoms with van der Waals surface area (Å²) in [5, 5.41) is 4.68.